The monoisotopic (exact) mass is 237 g/mol. The molecule has 1 aliphatic rings. The van der Waals surface area contributed by atoms with Crippen LogP contribution in [-0.2, 0) is 0 Å². The Balaban J connectivity index is 0.000000265. The largest absolute Gasteiger partial charge is 0.333 e. The molecule has 1 saturated heterocycles. The minimum Gasteiger partial charge on any atom is -0.333 e. The maximum Gasteiger partial charge on any atom is 0.0105 e. The third kappa shape index (κ3) is 8.86. The number of hydrogen-bond acceptors (Lipinski definition) is 3. The SMILES string of the molecule is CN.Cc1ccccc1.NCCN1CCCC1. The van der Waals surface area contributed by atoms with Crippen LogP contribution in [-0.4, -0.2) is 38.1 Å². The normalized spacial score (nSPS) is 14.4. The van der Waals surface area contributed by atoms with Gasteiger partial charge in [-0.3, -0.25) is 0 Å². The minimum absolute atomic E-state index is 0.819. The third-order valence-electron chi connectivity index (χ3n) is 2.58. The Labute approximate surface area is 106 Å². The first kappa shape index (κ1) is 16.1. The fraction of sp³-hybridized carbons (Fsp3) is 0.571. The summed E-state index contributed by atoms with van der Waals surface area (Å²) in [6, 6.07) is 10.3. The molecule has 0 amide bonds. The lowest BCUT2D eigenvalue weighted by Gasteiger charge is -2.11. The highest BCUT2D eigenvalue weighted by atomic mass is 15.1. The molecule has 17 heavy (non-hydrogen) atoms. The Morgan fingerprint density at radius 2 is 1.59 bits per heavy atom. The van der Waals surface area contributed by atoms with Crippen molar-refractivity contribution in [1.82, 2.24) is 4.90 Å². The van der Waals surface area contributed by atoms with E-state index in [1.165, 1.54) is 38.5 Å². The summed E-state index contributed by atoms with van der Waals surface area (Å²) in [4.78, 5) is 2.42. The maximum absolute atomic E-state index is 5.37. The van der Waals surface area contributed by atoms with Crippen molar-refractivity contribution in [2.24, 2.45) is 11.5 Å². The molecule has 2 rings (SSSR count). The predicted octanol–water partition coefficient (Wildman–Crippen LogP) is 1.61. The van der Waals surface area contributed by atoms with Gasteiger partial charge in [-0.25, -0.2) is 0 Å². The van der Waals surface area contributed by atoms with Crippen LogP contribution in [0, 0.1) is 6.92 Å². The van der Waals surface area contributed by atoms with E-state index in [0.717, 1.165) is 13.1 Å². The zero-order valence-corrected chi connectivity index (χ0v) is 11.2. The number of hydrogen-bond donors (Lipinski definition) is 2. The smallest absolute Gasteiger partial charge is 0.0105 e. The Kier molecular flexibility index (Phi) is 11.0. The van der Waals surface area contributed by atoms with Crippen molar-refractivity contribution in [3.05, 3.63) is 35.9 Å². The second kappa shape index (κ2) is 11.6. The van der Waals surface area contributed by atoms with Gasteiger partial charge in [0.05, 0.1) is 0 Å². The number of likely N-dealkylation sites (tertiary alicyclic amines) is 1. The van der Waals surface area contributed by atoms with E-state index in [4.69, 9.17) is 5.73 Å². The zero-order valence-electron chi connectivity index (χ0n) is 11.2. The van der Waals surface area contributed by atoms with Crippen LogP contribution < -0.4 is 11.5 Å². The molecule has 0 aliphatic carbocycles. The first-order valence-electron chi connectivity index (χ1n) is 6.34. The number of nitrogens with two attached hydrogens (primary N) is 2. The highest BCUT2D eigenvalue weighted by Gasteiger charge is 2.08. The van der Waals surface area contributed by atoms with E-state index in [9.17, 15) is 0 Å². The number of aryl methyl sites for hydroxylation is 1. The van der Waals surface area contributed by atoms with Crippen LogP contribution in [0.1, 0.15) is 18.4 Å². The van der Waals surface area contributed by atoms with Gasteiger partial charge in [0.2, 0.25) is 0 Å². The summed E-state index contributed by atoms with van der Waals surface area (Å²) in [5.74, 6) is 0. The van der Waals surface area contributed by atoms with Crippen molar-refractivity contribution in [3.8, 4) is 0 Å². The number of rotatable bonds is 2. The van der Waals surface area contributed by atoms with E-state index in [1.807, 2.05) is 18.2 Å². The van der Waals surface area contributed by atoms with E-state index in [0.29, 0.717) is 0 Å². The van der Waals surface area contributed by atoms with Gasteiger partial charge in [0, 0.05) is 13.1 Å². The molecule has 1 aromatic carbocycles. The molecule has 4 N–H and O–H groups in total. The molecule has 98 valence electrons. The molecule has 3 nitrogen and oxygen atoms in total. The van der Waals surface area contributed by atoms with Gasteiger partial charge in [-0.05, 0) is 39.9 Å². The van der Waals surface area contributed by atoms with Crippen LogP contribution in [0.25, 0.3) is 0 Å². The average Bonchev–Trinajstić information content (AvgIpc) is 2.87. The molecule has 0 aromatic heterocycles. The lowest BCUT2D eigenvalue weighted by atomic mass is 10.2. The third-order valence-corrected chi connectivity index (χ3v) is 2.58. The topological polar surface area (TPSA) is 55.3 Å². The molecule has 1 aliphatic heterocycles. The first-order chi connectivity index (χ1) is 8.33. The molecule has 0 atom stereocenters. The van der Waals surface area contributed by atoms with Crippen LogP contribution in [0.3, 0.4) is 0 Å². The summed E-state index contributed by atoms with van der Waals surface area (Å²) in [7, 11) is 1.50. The first-order valence-corrected chi connectivity index (χ1v) is 6.34. The van der Waals surface area contributed by atoms with Crippen molar-refractivity contribution >= 4 is 0 Å². The van der Waals surface area contributed by atoms with E-state index in [1.54, 1.807) is 0 Å². The van der Waals surface area contributed by atoms with Gasteiger partial charge in [-0.2, -0.15) is 0 Å². The highest BCUT2D eigenvalue weighted by molar-refractivity contribution is 5.11. The van der Waals surface area contributed by atoms with Gasteiger partial charge < -0.3 is 16.4 Å². The van der Waals surface area contributed by atoms with E-state index < -0.39 is 0 Å². The van der Waals surface area contributed by atoms with Crippen molar-refractivity contribution in [1.29, 1.82) is 0 Å². The maximum atomic E-state index is 5.37. The van der Waals surface area contributed by atoms with Crippen LogP contribution in [0.4, 0.5) is 0 Å². The van der Waals surface area contributed by atoms with Gasteiger partial charge in [0.1, 0.15) is 0 Å². The standard InChI is InChI=1S/C7H8.C6H14N2.CH5N/c1-7-5-3-2-4-6-7;7-3-6-8-4-1-2-5-8;1-2/h2-6H,1H3;1-7H2;2H2,1H3. The Hall–Kier alpha value is -0.900. The minimum atomic E-state index is 0.819. The van der Waals surface area contributed by atoms with Crippen LogP contribution in [0.2, 0.25) is 0 Å². The Morgan fingerprint density at radius 3 is 1.94 bits per heavy atom. The molecule has 1 heterocycles. The summed E-state index contributed by atoms with van der Waals surface area (Å²) >= 11 is 0. The molecule has 1 aromatic rings. The molecule has 0 saturated carbocycles. The second-order valence-electron chi connectivity index (χ2n) is 3.99. The lowest BCUT2D eigenvalue weighted by molar-refractivity contribution is 0.349. The number of benzene rings is 1. The van der Waals surface area contributed by atoms with E-state index in [-0.39, 0.29) is 0 Å². The van der Waals surface area contributed by atoms with Gasteiger partial charge in [-0.1, -0.05) is 35.9 Å². The second-order valence-corrected chi connectivity index (χ2v) is 3.99. The molecule has 0 unspecified atom stereocenters. The van der Waals surface area contributed by atoms with Crippen LogP contribution in [0.15, 0.2) is 30.3 Å². The van der Waals surface area contributed by atoms with Gasteiger partial charge in [0.15, 0.2) is 0 Å². The van der Waals surface area contributed by atoms with Crippen LogP contribution >= 0.6 is 0 Å². The molecule has 0 radical (unpaired) electrons. The Morgan fingerprint density at radius 1 is 1.06 bits per heavy atom. The van der Waals surface area contributed by atoms with Gasteiger partial charge in [-0.15, -0.1) is 0 Å². The van der Waals surface area contributed by atoms with Gasteiger partial charge in [0.25, 0.3) is 0 Å². The highest BCUT2D eigenvalue weighted by Crippen LogP contribution is 2.04. The van der Waals surface area contributed by atoms with Crippen molar-refractivity contribution < 1.29 is 0 Å². The summed E-state index contributed by atoms with van der Waals surface area (Å²) in [5.41, 5.74) is 11.2. The average molecular weight is 237 g/mol. The fourth-order valence-electron chi connectivity index (χ4n) is 1.72. The zero-order chi connectivity index (χ0) is 12.9. The summed E-state index contributed by atoms with van der Waals surface area (Å²) in [6.07, 6.45) is 2.75. The quantitative estimate of drug-likeness (QED) is 0.821. The fourth-order valence-corrected chi connectivity index (χ4v) is 1.72. The molecular formula is C14H27N3. The van der Waals surface area contributed by atoms with E-state index >= 15 is 0 Å². The van der Waals surface area contributed by atoms with Gasteiger partial charge >= 0.3 is 0 Å². The Bertz CT molecular complexity index is 243. The number of nitrogens with zero attached hydrogens (tertiary/aromatic N) is 1. The van der Waals surface area contributed by atoms with Crippen molar-refractivity contribution in [2.45, 2.75) is 19.8 Å². The molecule has 3 heteroatoms. The van der Waals surface area contributed by atoms with Crippen molar-refractivity contribution in [2.75, 3.05) is 33.2 Å². The van der Waals surface area contributed by atoms with Crippen LogP contribution in [0.5, 0.6) is 0 Å². The molecule has 1 fully saturated rings. The molecule has 0 bridgehead atoms. The summed E-state index contributed by atoms with van der Waals surface area (Å²) in [5, 5.41) is 0. The molecular weight excluding hydrogens is 210 g/mol. The summed E-state index contributed by atoms with van der Waals surface area (Å²) in [6.45, 7) is 6.55. The lowest BCUT2D eigenvalue weighted by Crippen LogP contribution is -2.26. The molecule has 0 spiro atoms. The summed E-state index contributed by atoms with van der Waals surface area (Å²) < 4.78 is 0. The predicted molar refractivity (Wildman–Crippen MR) is 76.0 cm³/mol. The van der Waals surface area contributed by atoms with Crippen molar-refractivity contribution in [3.63, 3.8) is 0 Å². The van der Waals surface area contributed by atoms with E-state index in [2.05, 4.69) is 29.7 Å².